The van der Waals surface area contributed by atoms with Crippen LogP contribution in [0.4, 0.5) is 0 Å². The van der Waals surface area contributed by atoms with Crippen LogP contribution >= 0.6 is 0 Å². The van der Waals surface area contributed by atoms with Gasteiger partial charge in [0.15, 0.2) is 0 Å². The van der Waals surface area contributed by atoms with E-state index in [4.69, 9.17) is 0 Å². The van der Waals surface area contributed by atoms with Gasteiger partial charge in [0.25, 0.3) is 10.2 Å². The highest BCUT2D eigenvalue weighted by atomic mass is 32.2. The molecule has 2 aliphatic carbocycles. The smallest absolute Gasteiger partial charge is 0.282 e. The van der Waals surface area contributed by atoms with Gasteiger partial charge in [0.1, 0.15) is 0 Å². The molecule has 3 aliphatic rings. The molecule has 1 aliphatic heterocycles. The van der Waals surface area contributed by atoms with Gasteiger partial charge in [0.05, 0.1) is 5.41 Å². The molecule has 30 heavy (non-hydrogen) atoms. The van der Waals surface area contributed by atoms with E-state index in [1.807, 2.05) is 23.1 Å². The maximum absolute atomic E-state index is 13.6. The van der Waals surface area contributed by atoms with Crippen LogP contribution in [0.3, 0.4) is 0 Å². The van der Waals surface area contributed by atoms with Gasteiger partial charge in [-0.3, -0.25) is 4.79 Å². The minimum atomic E-state index is -3.47. The van der Waals surface area contributed by atoms with E-state index in [2.05, 4.69) is 12.1 Å². The average Bonchev–Trinajstić information content (AvgIpc) is 3.30. The lowest BCUT2D eigenvalue weighted by atomic mass is 9.77. The normalized spacial score (nSPS) is 23.7. The maximum atomic E-state index is 13.6. The Morgan fingerprint density at radius 3 is 2.13 bits per heavy atom. The highest BCUT2D eigenvalue weighted by Crippen LogP contribution is 2.42. The van der Waals surface area contributed by atoms with Gasteiger partial charge in [-0.1, -0.05) is 62.4 Å². The summed E-state index contributed by atoms with van der Waals surface area (Å²) in [5.41, 5.74) is 0.681. The monoisotopic (exact) mass is 433 g/mol. The summed E-state index contributed by atoms with van der Waals surface area (Å²) in [6.07, 6.45) is 9.23. The number of amides is 1. The number of hydrogen-bond acceptors (Lipinski definition) is 3. The summed E-state index contributed by atoms with van der Waals surface area (Å²) < 4.78 is 29.5. The highest BCUT2D eigenvalue weighted by molar-refractivity contribution is 7.86. The number of carbonyl (C=O) groups is 1. The fraction of sp³-hybridized carbons (Fsp3) is 0.696. The number of nitrogens with zero attached hydrogens (tertiary/aromatic N) is 3. The first-order valence-corrected chi connectivity index (χ1v) is 12.9. The molecule has 0 N–H and O–H groups in total. The van der Waals surface area contributed by atoms with Crippen LogP contribution in [0, 0.1) is 0 Å². The predicted molar refractivity (Wildman–Crippen MR) is 118 cm³/mol. The van der Waals surface area contributed by atoms with Gasteiger partial charge >= 0.3 is 0 Å². The van der Waals surface area contributed by atoms with Crippen LogP contribution in [0.15, 0.2) is 30.3 Å². The molecule has 0 radical (unpaired) electrons. The van der Waals surface area contributed by atoms with Crippen LogP contribution in [0.2, 0.25) is 0 Å². The molecule has 0 bridgehead atoms. The first-order valence-electron chi connectivity index (χ1n) is 11.5. The van der Waals surface area contributed by atoms with Gasteiger partial charge in [-0.05, 0) is 31.2 Å². The molecule has 1 saturated heterocycles. The highest BCUT2D eigenvalue weighted by Gasteiger charge is 2.46. The van der Waals surface area contributed by atoms with Crippen molar-refractivity contribution in [1.29, 1.82) is 0 Å². The molecule has 7 heteroatoms. The Balaban J connectivity index is 1.43. The largest absolute Gasteiger partial charge is 0.339 e. The summed E-state index contributed by atoms with van der Waals surface area (Å²) in [6, 6.07) is 10.3. The molecule has 4 rings (SSSR count). The van der Waals surface area contributed by atoms with Crippen molar-refractivity contribution in [2.75, 3.05) is 33.2 Å². The van der Waals surface area contributed by atoms with E-state index in [0.29, 0.717) is 26.2 Å². The number of carbonyl (C=O) groups excluding carboxylic acids is 1. The van der Waals surface area contributed by atoms with Crippen LogP contribution in [-0.4, -0.2) is 67.1 Å². The molecule has 1 heterocycles. The van der Waals surface area contributed by atoms with E-state index in [0.717, 1.165) is 56.9 Å². The van der Waals surface area contributed by atoms with Crippen molar-refractivity contribution >= 4 is 16.1 Å². The molecule has 0 spiro atoms. The second kappa shape index (κ2) is 8.97. The molecule has 0 aromatic heterocycles. The van der Waals surface area contributed by atoms with Gasteiger partial charge in [-0.25, -0.2) is 0 Å². The van der Waals surface area contributed by atoms with Crippen LogP contribution in [-0.2, 0) is 20.4 Å². The van der Waals surface area contributed by atoms with Crippen molar-refractivity contribution in [2.45, 2.75) is 69.2 Å². The number of hydrogen-bond donors (Lipinski definition) is 0. The van der Waals surface area contributed by atoms with Gasteiger partial charge in [0, 0.05) is 39.3 Å². The van der Waals surface area contributed by atoms with E-state index in [1.54, 1.807) is 15.7 Å². The zero-order chi connectivity index (χ0) is 21.2. The zero-order valence-corrected chi connectivity index (χ0v) is 18.9. The molecule has 1 aromatic rings. The Hall–Kier alpha value is -1.44. The Kier molecular flexibility index (Phi) is 6.51. The zero-order valence-electron chi connectivity index (χ0n) is 18.1. The Bertz CT molecular complexity index is 823. The fourth-order valence-corrected chi connectivity index (χ4v) is 7.18. The van der Waals surface area contributed by atoms with Crippen LogP contribution < -0.4 is 0 Å². The minimum absolute atomic E-state index is 0.114. The van der Waals surface area contributed by atoms with E-state index < -0.39 is 15.6 Å². The van der Waals surface area contributed by atoms with Crippen LogP contribution in [0.25, 0.3) is 0 Å². The lowest BCUT2D eigenvalue weighted by molar-refractivity contribution is -0.138. The summed E-state index contributed by atoms with van der Waals surface area (Å²) in [7, 11) is -1.74. The Morgan fingerprint density at radius 2 is 1.53 bits per heavy atom. The van der Waals surface area contributed by atoms with Gasteiger partial charge < -0.3 is 4.90 Å². The van der Waals surface area contributed by atoms with E-state index in [9.17, 15) is 13.2 Å². The maximum Gasteiger partial charge on any atom is 0.282 e. The fourth-order valence-electron chi connectivity index (χ4n) is 5.60. The van der Waals surface area contributed by atoms with E-state index >= 15 is 0 Å². The summed E-state index contributed by atoms with van der Waals surface area (Å²) >= 11 is 0. The first kappa shape index (κ1) is 21.8. The molecule has 2 saturated carbocycles. The number of benzene rings is 1. The topological polar surface area (TPSA) is 60.9 Å². The molecule has 1 amide bonds. The minimum Gasteiger partial charge on any atom is -0.339 e. The Labute approximate surface area is 181 Å². The van der Waals surface area contributed by atoms with Crippen molar-refractivity contribution in [3.05, 3.63) is 35.9 Å². The molecule has 0 atom stereocenters. The van der Waals surface area contributed by atoms with Crippen molar-refractivity contribution in [1.82, 2.24) is 13.5 Å². The van der Waals surface area contributed by atoms with Gasteiger partial charge in [0.2, 0.25) is 5.91 Å². The average molecular weight is 434 g/mol. The molecular weight excluding hydrogens is 398 g/mol. The van der Waals surface area contributed by atoms with E-state index in [-0.39, 0.29) is 11.9 Å². The lowest BCUT2D eigenvalue weighted by Gasteiger charge is -2.41. The van der Waals surface area contributed by atoms with Crippen molar-refractivity contribution in [2.24, 2.45) is 0 Å². The second-order valence-electron chi connectivity index (χ2n) is 9.16. The lowest BCUT2D eigenvalue weighted by Crippen LogP contribution is -2.57. The third kappa shape index (κ3) is 4.04. The number of rotatable bonds is 5. The molecule has 3 fully saturated rings. The van der Waals surface area contributed by atoms with Crippen molar-refractivity contribution in [3.8, 4) is 0 Å². The number of piperazine rings is 1. The molecule has 1 aromatic carbocycles. The quantitative estimate of drug-likeness (QED) is 0.717. The summed E-state index contributed by atoms with van der Waals surface area (Å²) in [4.78, 5) is 15.5. The molecule has 166 valence electrons. The third-order valence-electron chi connectivity index (χ3n) is 7.50. The van der Waals surface area contributed by atoms with Crippen LogP contribution in [0.1, 0.15) is 63.4 Å². The van der Waals surface area contributed by atoms with Crippen LogP contribution in [0.5, 0.6) is 0 Å². The summed E-state index contributed by atoms with van der Waals surface area (Å²) in [6.45, 7) is 1.72. The van der Waals surface area contributed by atoms with Crippen molar-refractivity contribution < 1.29 is 13.2 Å². The first-order chi connectivity index (χ1) is 14.4. The standard InChI is InChI=1S/C23H35N3O3S/c1-24(21-12-6-3-7-13-21)30(28,29)26-18-16-25(17-19-26)22(27)23(14-8-9-15-23)20-10-4-2-5-11-20/h2,4-5,10-11,21H,3,6-9,12-19H2,1H3. The summed E-state index contributed by atoms with van der Waals surface area (Å²) in [5.74, 6) is 0.184. The van der Waals surface area contributed by atoms with Gasteiger partial charge in [-0.15, -0.1) is 0 Å². The Morgan fingerprint density at radius 1 is 0.933 bits per heavy atom. The SMILES string of the molecule is CN(C1CCCCC1)S(=O)(=O)N1CCN(C(=O)C2(c3ccccc3)CCCC2)CC1. The summed E-state index contributed by atoms with van der Waals surface area (Å²) in [5, 5.41) is 0. The molecule has 6 nitrogen and oxygen atoms in total. The third-order valence-corrected chi connectivity index (χ3v) is 9.54. The second-order valence-corrected chi connectivity index (χ2v) is 11.2. The van der Waals surface area contributed by atoms with Crippen molar-refractivity contribution in [3.63, 3.8) is 0 Å². The molecule has 0 unspecified atom stereocenters. The molecular formula is C23H35N3O3S. The van der Waals surface area contributed by atoms with Gasteiger partial charge in [-0.2, -0.15) is 17.0 Å². The predicted octanol–water partition coefficient (Wildman–Crippen LogP) is 3.15. The van der Waals surface area contributed by atoms with E-state index in [1.165, 1.54) is 6.42 Å².